The van der Waals surface area contributed by atoms with Gasteiger partial charge in [-0.3, -0.25) is 0 Å². The monoisotopic (exact) mass is 263 g/mol. The molecule has 0 unspecified atom stereocenters. The van der Waals surface area contributed by atoms with Crippen molar-refractivity contribution in [1.82, 2.24) is 5.32 Å². The van der Waals surface area contributed by atoms with Crippen molar-refractivity contribution in [1.29, 1.82) is 0 Å². The Labute approximate surface area is 118 Å². The van der Waals surface area contributed by atoms with Crippen LogP contribution in [0, 0.1) is 12.8 Å². The van der Waals surface area contributed by atoms with Gasteiger partial charge in [0.25, 0.3) is 0 Å². The van der Waals surface area contributed by atoms with Crippen LogP contribution in [0.4, 0.5) is 0 Å². The van der Waals surface area contributed by atoms with E-state index in [1.807, 2.05) is 0 Å². The SMILES string of the molecule is CCC(CC)Oc1c(C)cccc1CNCC(C)C. The molecular formula is C17H29NO. The summed E-state index contributed by atoms with van der Waals surface area (Å²) in [6.07, 6.45) is 2.44. The van der Waals surface area contributed by atoms with Crippen molar-refractivity contribution >= 4 is 0 Å². The molecule has 0 radical (unpaired) electrons. The minimum atomic E-state index is 0.324. The minimum Gasteiger partial charge on any atom is -0.490 e. The van der Waals surface area contributed by atoms with Crippen LogP contribution in [0.5, 0.6) is 5.75 Å². The summed E-state index contributed by atoms with van der Waals surface area (Å²) in [7, 11) is 0. The maximum atomic E-state index is 6.19. The first-order chi connectivity index (χ1) is 9.08. The summed E-state index contributed by atoms with van der Waals surface area (Å²) in [5, 5.41) is 3.50. The van der Waals surface area contributed by atoms with Gasteiger partial charge in [0, 0.05) is 12.1 Å². The fourth-order valence-corrected chi connectivity index (χ4v) is 2.14. The molecule has 0 atom stereocenters. The highest BCUT2D eigenvalue weighted by Crippen LogP contribution is 2.25. The third-order valence-electron chi connectivity index (χ3n) is 3.36. The van der Waals surface area contributed by atoms with Crippen molar-refractivity contribution < 1.29 is 4.74 Å². The molecule has 0 heterocycles. The predicted octanol–water partition coefficient (Wildman–Crippen LogP) is 4.31. The van der Waals surface area contributed by atoms with Crippen molar-refractivity contribution in [3.63, 3.8) is 0 Å². The molecule has 1 N–H and O–H groups in total. The zero-order chi connectivity index (χ0) is 14.3. The van der Waals surface area contributed by atoms with Gasteiger partial charge < -0.3 is 10.1 Å². The molecule has 19 heavy (non-hydrogen) atoms. The summed E-state index contributed by atoms with van der Waals surface area (Å²) in [5.74, 6) is 1.75. The lowest BCUT2D eigenvalue weighted by Crippen LogP contribution is -2.21. The van der Waals surface area contributed by atoms with Gasteiger partial charge in [-0.2, -0.15) is 0 Å². The second-order valence-electron chi connectivity index (χ2n) is 5.64. The van der Waals surface area contributed by atoms with Crippen LogP contribution in [0.1, 0.15) is 51.7 Å². The molecule has 1 aromatic rings. The second-order valence-corrected chi connectivity index (χ2v) is 5.64. The average Bonchev–Trinajstić information content (AvgIpc) is 2.38. The van der Waals surface area contributed by atoms with E-state index in [0.29, 0.717) is 12.0 Å². The summed E-state index contributed by atoms with van der Waals surface area (Å²) in [6, 6.07) is 6.41. The van der Waals surface area contributed by atoms with Gasteiger partial charge in [-0.15, -0.1) is 0 Å². The predicted molar refractivity (Wildman–Crippen MR) is 82.7 cm³/mol. The van der Waals surface area contributed by atoms with E-state index in [0.717, 1.165) is 31.7 Å². The number of hydrogen-bond donors (Lipinski definition) is 1. The quantitative estimate of drug-likeness (QED) is 0.754. The Balaban J connectivity index is 2.76. The molecule has 0 bridgehead atoms. The second kappa shape index (κ2) is 8.21. The number of ether oxygens (including phenoxy) is 1. The first-order valence-electron chi connectivity index (χ1n) is 7.54. The van der Waals surface area contributed by atoms with Gasteiger partial charge in [-0.05, 0) is 37.8 Å². The summed E-state index contributed by atoms with van der Waals surface area (Å²) >= 11 is 0. The highest BCUT2D eigenvalue weighted by Gasteiger charge is 2.11. The molecule has 2 heteroatoms. The number of para-hydroxylation sites is 1. The molecule has 0 amide bonds. The number of hydrogen-bond acceptors (Lipinski definition) is 2. The zero-order valence-corrected chi connectivity index (χ0v) is 13.1. The lowest BCUT2D eigenvalue weighted by molar-refractivity contribution is 0.189. The number of rotatable bonds is 8. The van der Waals surface area contributed by atoms with E-state index in [9.17, 15) is 0 Å². The molecule has 0 aliphatic heterocycles. The van der Waals surface area contributed by atoms with Crippen LogP contribution < -0.4 is 10.1 Å². The highest BCUT2D eigenvalue weighted by molar-refractivity contribution is 5.40. The molecule has 1 rings (SSSR count). The lowest BCUT2D eigenvalue weighted by Gasteiger charge is -2.20. The number of nitrogens with one attached hydrogen (secondary N) is 1. The summed E-state index contributed by atoms with van der Waals surface area (Å²) in [6.45, 7) is 12.9. The molecule has 0 aliphatic carbocycles. The molecule has 0 saturated heterocycles. The maximum absolute atomic E-state index is 6.19. The molecule has 0 fully saturated rings. The smallest absolute Gasteiger partial charge is 0.127 e. The normalized spacial score (nSPS) is 11.3. The Kier molecular flexibility index (Phi) is 6.93. The van der Waals surface area contributed by atoms with Gasteiger partial charge in [-0.1, -0.05) is 45.9 Å². The molecule has 108 valence electrons. The Morgan fingerprint density at radius 1 is 1.16 bits per heavy atom. The molecular weight excluding hydrogens is 234 g/mol. The van der Waals surface area contributed by atoms with E-state index in [-0.39, 0.29) is 0 Å². The van der Waals surface area contributed by atoms with Crippen molar-refractivity contribution in [2.75, 3.05) is 6.54 Å². The fraction of sp³-hybridized carbons (Fsp3) is 0.647. The van der Waals surface area contributed by atoms with Gasteiger partial charge in [0.1, 0.15) is 5.75 Å². The van der Waals surface area contributed by atoms with Gasteiger partial charge in [0.05, 0.1) is 6.10 Å². The fourth-order valence-electron chi connectivity index (χ4n) is 2.14. The first-order valence-corrected chi connectivity index (χ1v) is 7.54. The van der Waals surface area contributed by atoms with E-state index >= 15 is 0 Å². The van der Waals surface area contributed by atoms with Gasteiger partial charge in [0.2, 0.25) is 0 Å². The topological polar surface area (TPSA) is 21.3 Å². The first kappa shape index (κ1) is 16.0. The largest absolute Gasteiger partial charge is 0.490 e. The van der Waals surface area contributed by atoms with Crippen LogP contribution in [-0.2, 0) is 6.54 Å². The van der Waals surface area contributed by atoms with E-state index in [1.54, 1.807) is 0 Å². The van der Waals surface area contributed by atoms with Crippen LogP contribution in [0.3, 0.4) is 0 Å². The van der Waals surface area contributed by atoms with Crippen molar-refractivity contribution in [3.05, 3.63) is 29.3 Å². The standard InChI is InChI=1S/C17H29NO/c1-6-16(7-2)19-17-14(5)9-8-10-15(17)12-18-11-13(3)4/h8-10,13,16,18H,6-7,11-12H2,1-5H3. The van der Waals surface area contributed by atoms with Crippen LogP contribution >= 0.6 is 0 Å². The molecule has 0 saturated carbocycles. The molecule has 1 aromatic carbocycles. The summed E-state index contributed by atoms with van der Waals surface area (Å²) < 4.78 is 6.19. The van der Waals surface area contributed by atoms with Crippen molar-refractivity contribution in [3.8, 4) is 5.75 Å². The Hall–Kier alpha value is -1.02. The minimum absolute atomic E-state index is 0.324. The summed E-state index contributed by atoms with van der Waals surface area (Å²) in [5.41, 5.74) is 2.50. The lowest BCUT2D eigenvalue weighted by atomic mass is 10.1. The van der Waals surface area contributed by atoms with E-state index in [2.05, 4.69) is 58.1 Å². The van der Waals surface area contributed by atoms with E-state index in [1.165, 1.54) is 11.1 Å². The van der Waals surface area contributed by atoms with Crippen LogP contribution in [-0.4, -0.2) is 12.6 Å². The van der Waals surface area contributed by atoms with Crippen LogP contribution in [0.25, 0.3) is 0 Å². The van der Waals surface area contributed by atoms with Crippen LogP contribution in [0.15, 0.2) is 18.2 Å². The molecule has 0 aromatic heterocycles. The Bertz CT molecular complexity index is 370. The zero-order valence-electron chi connectivity index (χ0n) is 13.1. The van der Waals surface area contributed by atoms with Gasteiger partial charge >= 0.3 is 0 Å². The van der Waals surface area contributed by atoms with Crippen molar-refractivity contribution in [2.45, 2.75) is 60.1 Å². The maximum Gasteiger partial charge on any atom is 0.127 e. The van der Waals surface area contributed by atoms with Crippen molar-refractivity contribution in [2.24, 2.45) is 5.92 Å². The molecule has 2 nitrogen and oxygen atoms in total. The third kappa shape index (κ3) is 5.23. The Morgan fingerprint density at radius 2 is 1.84 bits per heavy atom. The Morgan fingerprint density at radius 3 is 2.42 bits per heavy atom. The summed E-state index contributed by atoms with van der Waals surface area (Å²) in [4.78, 5) is 0. The molecule has 0 aliphatic rings. The number of benzene rings is 1. The molecule has 0 spiro atoms. The van der Waals surface area contributed by atoms with Crippen LogP contribution in [0.2, 0.25) is 0 Å². The average molecular weight is 263 g/mol. The van der Waals surface area contributed by atoms with E-state index < -0.39 is 0 Å². The number of aryl methyl sites for hydroxylation is 1. The van der Waals surface area contributed by atoms with Gasteiger partial charge in [0.15, 0.2) is 0 Å². The van der Waals surface area contributed by atoms with Gasteiger partial charge in [-0.25, -0.2) is 0 Å². The third-order valence-corrected chi connectivity index (χ3v) is 3.36. The highest BCUT2D eigenvalue weighted by atomic mass is 16.5. The van der Waals surface area contributed by atoms with E-state index in [4.69, 9.17) is 4.74 Å².